The maximum absolute atomic E-state index is 12.5. The number of morpholine rings is 1. The van der Waals surface area contributed by atoms with E-state index in [1.165, 1.54) is 17.5 Å². The minimum Gasteiger partial charge on any atom is -0.494 e. The fourth-order valence-corrected chi connectivity index (χ4v) is 4.41. The van der Waals surface area contributed by atoms with Crippen molar-refractivity contribution in [3.8, 4) is 11.6 Å². The van der Waals surface area contributed by atoms with Crippen LogP contribution in [0.25, 0.3) is 10.2 Å². The van der Waals surface area contributed by atoms with Gasteiger partial charge in [0, 0.05) is 20.1 Å². The molecule has 1 aromatic carbocycles. The number of rotatable bonds is 6. The molecule has 1 aliphatic heterocycles. The Hall–Kier alpha value is -2.89. The molecule has 166 valence electrons. The van der Waals surface area contributed by atoms with Gasteiger partial charge in [0.15, 0.2) is 5.13 Å². The molecule has 1 N–H and O–H groups in total. The van der Waals surface area contributed by atoms with Gasteiger partial charge in [0.1, 0.15) is 17.1 Å². The quantitative estimate of drug-likeness (QED) is 0.617. The third-order valence-electron chi connectivity index (χ3n) is 4.96. The van der Waals surface area contributed by atoms with E-state index in [0.29, 0.717) is 42.0 Å². The van der Waals surface area contributed by atoms with Crippen LogP contribution in [0.5, 0.6) is 11.6 Å². The first-order chi connectivity index (χ1) is 15.0. The number of hydrogen-bond donors (Lipinski definition) is 1. The fourth-order valence-electron chi connectivity index (χ4n) is 3.40. The topological polar surface area (TPSA) is 94.0 Å². The lowest BCUT2D eigenvalue weighted by molar-refractivity contribution is 0.123. The zero-order valence-electron chi connectivity index (χ0n) is 18.0. The van der Waals surface area contributed by atoms with Crippen molar-refractivity contribution in [2.75, 3.05) is 57.7 Å². The number of carbonyl (C=O) groups is 1. The Morgan fingerprint density at radius 2 is 2.10 bits per heavy atom. The number of anilines is 2. The van der Waals surface area contributed by atoms with Crippen molar-refractivity contribution < 1.29 is 19.0 Å². The van der Waals surface area contributed by atoms with E-state index in [4.69, 9.17) is 14.2 Å². The van der Waals surface area contributed by atoms with E-state index < -0.39 is 6.09 Å². The number of amides is 1. The Kier molecular flexibility index (Phi) is 6.25. The largest absolute Gasteiger partial charge is 0.494 e. The number of methoxy groups -OCH3 is 1. The molecule has 4 rings (SSSR count). The molecule has 1 aliphatic rings. The van der Waals surface area contributed by atoms with Gasteiger partial charge in [-0.3, -0.25) is 5.32 Å². The number of nitrogens with one attached hydrogen (secondary N) is 1. The second kappa shape index (κ2) is 9.08. The summed E-state index contributed by atoms with van der Waals surface area (Å²) in [6.07, 6.45) is 0.918. The van der Waals surface area contributed by atoms with Gasteiger partial charge in [0.05, 0.1) is 43.5 Å². The van der Waals surface area contributed by atoms with E-state index in [2.05, 4.69) is 20.2 Å². The van der Waals surface area contributed by atoms with E-state index in [9.17, 15) is 4.79 Å². The number of aromatic nitrogens is 3. The molecule has 11 heteroatoms. The summed E-state index contributed by atoms with van der Waals surface area (Å²) < 4.78 is 19.1. The fraction of sp³-hybridized carbons (Fsp3) is 0.450. The number of ether oxygens (including phenoxy) is 3. The first-order valence-electron chi connectivity index (χ1n) is 9.90. The minimum absolute atomic E-state index is 0.363. The van der Waals surface area contributed by atoms with Gasteiger partial charge >= 0.3 is 6.09 Å². The van der Waals surface area contributed by atoms with E-state index in [0.717, 1.165) is 29.3 Å². The van der Waals surface area contributed by atoms with Crippen molar-refractivity contribution in [1.82, 2.24) is 19.4 Å². The summed E-state index contributed by atoms with van der Waals surface area (Å²) in [6.45, 7) is 3.62. The maximum Gasteiger partial charge on any atom is 0.420 e. The molecule has 0 spiro atoms. The minimum atomic E-state index is -0.620. The molecule has 3 aromatic rings. The zero-order valence-corrected chi connectivity index (χ0v) is 18.9. The lowest BCUT2D eigenvalue weighted by Gasteiger charge is -2.29. The van der Waals surface area contributed by atoms with E-state index in [1.54, 1.807) is 11.7 Å². The van der Waals surface area contributed by atoms with Gasteiger partial charge in [-0.15, -0.1) is 0 Å². The maximum atomic E-state index is 12.5. The molecule has 0 radical (unpaired) electrons. The van der Waals surface area contributed by atoms with Crippen LogP contribution in [0.15, 0.2) is 18.3 Å². The predicted octanol–water partition coefficient (Wildman–Crippen LogP) is 2.55. The number of fused-ring (bicyclic) bond motifs is 1. The van der Waals surface area contributed by atoms with Gasteiger partial charge in [-0.2, -0.15) is 0 Å². The van der Waals surface area contributed by atoms with Crippen molar-refractivity contribution in [2.24, 2.45) is 7.05 Å². The molecular weight excluding hydrogens is 420 g/mol. The number of nitrogens with zero attached hydrogens (tertiary/aromatic N) is 5. The first kappa shape index (κ1) is 21.3. The molecule has 0 atom stereocenters. The second-order valence-electron chi connectivity index (χ2n) is 7.41. The number of benzene rings is 1. The molecular formula is C20H26N6O4S. The average molecular weight is 447 g/mol. The highest BCUT2D eigenvalue weighted by Crippen LogP contribution is 2.39. The van der Waals surface area contributed by atoms with Crippen molar-refractivity contribution in [3.05, 3.63) is 24.2 Å². The van der Waals surface area contributed by atoms with Crippen LogP contribution in [0.2, 0.25) is 0 Å². The summed E-state index contributed by atoms with van der Waals surface area (Å²) in [5.41, 5.74) is 1.76. The van der Waals surface area contributed by atoms with Crippen LogP contribution in [-0.4, -0.2) is 73.0 Å². The molecule has 0 bridgehead atoms. The smallest absolute Gasteiger partial charge is 0.420 e. The Bertz CT molecular complexity index is 1070. The molecule has 0 aliphatic carbocycles. The van der Waals surface area contributed by atoms with Crippen molar-refractivity contribution >= 4 is 38.5 Å². The monoisotopic (exact) mass is 446 g/mol. The second-order valence-corrected chi connectivity index (χ2v) is 8.41. The SMILES string of the molecule is COc1ccc(N2CCOCC2)c2sc(NC(=O)Oc3cnc(CN(C)C)n3C)nc12. The summed E-state index contributed by atoms with van der Waals surface area (Å²) in [4.78, 5) is 25.6. The van der Waals surface area contributed by atoms with Gasteiger partial charge in [0.25, 0.3) is 0 Å². The molecule has 0 unspecified atom stereocenters. The highest BCUT2D eigenvalue weighted by molar-refractivity contribution is 7.23. The molecule has 3 heterocycles. The van der Waals surface area contributed by atoms with Crippen molar-refractivity contribution in [2.45, 2.75) is 6.54 Å². The standard InChI is InChI=1S/C20H26N6O4S/c1-24(2)12-15-21-11-16(25(15)3)30-20(27)23-19-22-17-14(28-4)6-5-13(18(17)31-19)26-7-9-29-10-8-26/h5-6,11H,7-10,12H2,1-4H3,(H,22,23,27). The molecule has 2 aromatic heterocycles. The van der Waals surface area contributed by atoms with E-state index in [1.807, 2.05) is 38.2 Å². The molecule has 1 fully saturated rings. The Morgan fingerprint density at radius 3 is 2.81 bits per heavy atom. The number of hydrogen-bond acceptors (Lipinski definition) is 9. The molecule has 1 amide bonds. The van der Waals surface area contributed by atoms with Gasteiger partial charge in [-0.05, 0) is 26.2 Å². The van der Waals surface area contributed by atoms with Crippen LogP contribution in [0, 0.1) is 0 Å². The van der Waals surface area contributed by atoms with Crippen molar-refractivity contribution in [3.63, 3.8) is 0 Å². The first-order valence-corrected chi connectivity index (χ1v) is 10.7. The van der Waals surface area contributed by atoms with Gasteiger partial charge in [0.2, 0.25) is 5.88 Å². The Balaban J connectivity index is 1.54. The summed E-state index contributed by atoms with van der Waals surface area (Å²) in [5, 5.41) is 3.17. The van der Waals surface area contributed by atoms with Gasteiger partial charge < -0.3 is 28.6 Å². The average Bonchev–Trinajstić information content (AvgIpc) is 3.31. The van der Waals surface area contributed by atoms with Gasteiger partial charge in [-0.1, -0.05) is 11.3 Å². The predicted molar refractivity (Wildman–Crippen MR) is 119 cm³/mol. The van der Waals surface area contributed by atoms with Crippen LogP contribution >= 0.6 is 11.3 Å². The third kappa shape index (κ3) is 4.58. The molecule has 0 saturated carbocycles. The van der Waals surface area contributed by atoms with E-state index >= 15 is 0 Å². The van der Waals surface area contributed by atoms with E-state index in [-0.39, 0.29) is 0 Å². The normalized spacial score (nSPS) is 14.3. The van der Waals surface area contributed by atoms with Gasteiger partial charge in [-0.25, -0.2) is 14.8 Å². The number of imidazole rings is 1. The third-order valence-corrected chi connectivity index (χ3v) is 5.96. The summed E-state index contributed by atoms with van der Waals surface area (Å²) in [5.74, 6) is 1.82. The molecule has 10 nitrogen and oxygen atoms in total. The highest BCUT2D eigenvalue weighted by atomic mass is 32.1. The van der Waals surface area contributed by atoms with Crippen molar-refractivity contribution in [1.29, 1.82) is 0 Å². The summed E-state index contributed by atoms with van der Waals surface area (Å²) in [7, 11) is 7.33. The summed E-state index contributed by atoms with van der Waals surface area (Å²) in [6, 6.07) is 3.92. The number of thiazole rings is 1. The van der Waals surface area contributed by atoms with Crippen LogP contribution in [0.3, 0.4) is 0 Å². The van der Waals surface area contributed by atoms with Crippen LogP contribution in [0.4, 0.5) is 15.6 Å². The lowest BCUT2D eigenvalue weighted by atomic mass is 10.2. The van der Waals surface area contributed by atoms with Crippen LogP contribution in [0.1, 0.15) is 5.82 Å². The lowest BCUT2D eigenvalue weighted by Crippen LogP contribution is -2.36. The van der Waals surface area contributed by atoms with Crippen LogP contribution in [-0.2, 0) is 18.3 Å². The summed E-state index contributed by atoms with van der Waals surface area (Å²) >= 11 is 1.39. The van der Waals surface area contributed by atoms with Crippen LogP contribution < -0.4 is 19.7 Å². The number of carbonyl (C=O) groups excluding carboxylic acids is 1. The molecule has 31 heavy (non-hydrogen) atoms. The zero-order chi connectivity index (χ0) is 22.0. The Morgan fingerprint density at radius 1 is 1.32 bits per heavy atom. The highest BCUT2D eigenvalue weighted by Gasteiger charge is 2.20. The molecule has 1 saturated heterocycles. The Labute approximate surface area is 184 Å².